The van der Waals surface area contributed by atoms with E-state index < -0.39 is 0 Å². The lowest BCUT2D eigenvalue weighted by Gasteiger charge is -2.13. The van der Waals surface area contributed by atoms with E-state index in [1.165, 1.54) is 0 Å². The third-order valence-corrected chi connectivity index (χ3v) is 3.30. The van der Waals surface area contributed by atoms with Crippen LogP contribution in [-0.4, -0.2) is 13.5 Å². The number of hydrogen-bond donors (Lipinski definition) is 2. The first kappa shape index (κ1) is 15.9. The molecule has 2 rings (SSSR count). The smallest absolute Gasteiger partial charge is 0.211 e. The van der Waals surface area contributed by atoms with Crippen LogP contribution in [-0.2, 0) is 11.2 Å². The van der Waals surface area contributed by atoms with Gasteiger partial charge >= 0.3 is 0 Å². The average Bonchev–Trinajstić information content (AvgIpc) is 2.50. The zero-order valence-electron chi connectivity index (χ0n) is 13.2. The van der Waals surface area contributed by atoms with Gasteiger partial charge in [-0.2, -0.15) is 0 Å². The maximum Gasteiger partial charge on any atom is 0.211 e. The highest BCUT2D eigenvalue weighted by Gasteiger charge is 2.07. The fourth-order valence-electron chi connectivity index (χ4n) is 2.27. The lowest BCUT2D eigenvalue weighted by Crippen LogP contribution is -2.02. The molecule has 0 atom stereocenters. The van der Waals surface area contributed by atoms with Gasteiger partial charge < -0.3 is 15.4 Å². The number of benzene rings is 2. The Bertz CT molecular complexity index is 621. The minimum Gasteiger partial charge on any atom is -0.457 e. The van der Waals surface area contributed by atoms with Gasteiger partial charge in [0, 0.05) is 18.4 Å². The summed E-state index contributed by atoms with van der Waals surface area (Å²) in [5.41, 5.74) is 2.95. The van der Waals surface area contributed by atoms with E-state index >= 15 is 0 Å². The summed E-state index contributed by atoms with van der Waals surface area (Å²) in [5, 5.41) is 5.82. The van der Waals surface area contributed by atoms with Crippen molar-refractivity contribution in [3.8, 4) is 11.5 Å². The lowest BCUT2D eigenvalue weighted by molar-refractivity contribution is -0.105. The van der Waals surface area contributed by atoms with Gasteiger partial charge in [0.25, 0.3) is 0 Å². The SMILES string of the molecule is CNc1ccc(Oc2ccc(NC=O)c(CC(C)C)c2)cc1. The van der Waals surface area contributed by atoms with Crippen molar-refractivity contribution in [3.63, 3.8) is 0 Å². The summed E-state index contributed by atoms with van der Waals surface area (Å²) >= 11 is 0. The summed E-state index contributed by atoms with van der Waals surface area (Å²) in [5.74, 6) is 2.05. The van der Waals surface area contributed by atoms with Gasteiger partial charge in [-0.3, -0.25) is 4.79 Å². The molecule has 0 radical (unpaired) electrons. The Kier molecular flexibility index (Phi) is 5.42. The van der Waals surface area contributed by atoms with Crippen molar-refractivity contribution >= 4 is 17.8 Å². The van der Waals surface area contributed by atoms with E-state index in [1.807, 2.05) is 49.5 Å². The first-order valence-electron chi connectivity index (χ1n) is 7.41. The standard InChI is InChI=1S/C18H22N2O2/c1-13(2)10-14-11-17(8-9-18(14)20-12-21)22-16-6-4-15(19-3)5-7-16/h4-9,11-13,19H,10H2,1-3H3,(H,20,21). The molecule has 0 aliphatic rings. The molecule has 0 heterocycles. The molecular weight excluding hydrogens is 276 g/mol. The van der Waals surface area contributed by atoms with Gasteiger partial charge in [0.15, 0.2) is 0 Å². The van der Waals surface area contributed by atoms with Gasteiger partial charge in [0.1, 0.15) is 11.5 Å². The summed E-state index contributed by atoms with van der Waals surface area (Å²) in [6.45, 7) is 4.30. The van der Waals surface area contributed by atoms with E-state index in [9.17, 15) is 4.79 Å². The molecule has 4 heteroatoms. The maximum atomic E-state index is 10.7. The van der Waals surface area contributed by atoms with E-state index in [0.29, 0.717) is 12.3 Å². The van der Waals surface area contributed by atoms with E-state index in [2.05, 4.69) is 24.5 Å². The fourth-order valence-corrected chi connectivity index (χ4v) is 2.27. The summed E-state index contributed by atoms with van der Waals surface area (Å²) in [6, 6.07) is 13.5. The Morgan fingerprint density at radius 2 is 1.77 bits per heavy atom. The van der Waals surface area contributed by atoms with Gasteiger partial charge in [0.05, 0.1) is 0 Å². The Labute approximate surface area is 131 Å². The van der Waals surface area contributed by atoms with E-state index in [1.54, 1.807) is 0 Å². The van der Waals surface area contributed by atoms with Gasteiger partial charge in [-0.1, -0.05) is 13.8 Å². The Morgan fingerprint density at radius 1 is 1.09 bits per heavy atom. The third kappa shape index (κ3) is 4.25. The van der Waals surface area contributed by atoms with Crippen LogP contribution in [0.15, 0.2) is 42.5 Å². The molecule has 22 heavy (non-hydrogen) atoms. The number of carbonyl (C=O) groups excluding carboxylic acids is 1. The number of anilines is 2. The van der Waals surface area contributed by atoms with Crippen LogP contribution >= 0.6 is 0 Å². The predicted molar refractivity (Wildman–Crippen MR) is 90.7 cm³/mol. The van der Waals surface area contributed by atoms with E-state index in [0.717, 1.165) is 34.9 Å². The minimum atomic E-state index is 0.498. The second kappa shape index (κ2) is 7.50. The molecule has 0 aliphatic carbocycles. The molecule has 0 saturated carbocycles. The lowest BCUT2D eigenvalue weighted by atomic mass is 10.0. The highest BCUT2D eigenvalue weighted by Crippen LogP contribution is 2.28. The van der Waals surface area contributed by atoms with Gasteiger partial charge in [-0.15, -0.1) is 0 Å². The van der Waals surface area contributed by atoms with Gasteiger partial charge in [0.2, 0.25) is 6.41 Å². The van der Waals surface area contributed by atoms with Crippen LogP contribution in [0, 0.1) is 5.92 Å². The van der Waals surface area contributed by atoms with E-state index in [4.69, 9.17) is 4.74 Å². The number of hydrogen-bond acceptors (Lipinski definition) is 3. The molecule has 0 unspecified atom stereocenters. The highest BCUT2D eigenvalue weighted by atomic mass is 16.5. The van der Waals surface area contributed by atoms with Crippen LogP contribution in [0.3, 0.4) is 0 Å². The average molecular weight is 298 g/mol. The predicted octanol–water partition coefficient (Wildman–Crippen LogP) is 4.29. The second-order valence-corrected chi connectivity index (χ2v) is 5.56. The molecule has 4 nitrogen and oxygen atoms in total. The zero-order valence-corrected chi connectivity index (χ0v) is 13.2. The van der Waals surface area contributed by atoms with Gasteiger partial charge in [-0.25, -0.2) is 0 Å². The molecule has 0 aromatic heterocycles. The quantitative estimate of drug-likeness (QED) is 0.750. The molecule has 0 spiro atoms. The van der Waals surface area contributed by atoms with Gasteiger partial charge in [-0.05, 0) is 60.4 Å². The fraction of sp³-hybridized carbons (Fsp3) is 0.278. The number of rotatable bonds is 7. The third-order valence-electron chi connectivity index (χ3n) is 3.30. The largest absolute Gasteiger partial charge is 0.457 e. The molecule has 0 bridgehead atoms. The first-order valence-corrected chi connectivity index (χ1v) is 7.41. The molecule has 116 valence electrons. The van der Waals surface area contributed by atoms with Crippen molar-refractivity contribution in [2.45, 2.75) is 20.3 Å². The van der Waals surface area contributed by atoms with Crippen molar-refractivity contribution in [1.29, 1.82) is 0 Å². The van der Waals surface area contributed by atoms with Crippen LogP contribution in [0.5, 0.6) is 11.5 Å². The molecule has 0 fully saturated rings. The van der Waals surface area contributed by atoms with Crippen LogP contribution in [0.25, 0.3) is 0 Å². The number of nitrogens with one attached hydrogen (secondary N) is 2. The second-order valence-electron chi connectivity index (χ2n) is 5.56. The minimum absolute atomic E-state index is 0.498. The molecule has 2 N–H and O–H groups in total. The summed E-state index contributed by atoms with van der Waals surface area (Å²) in [7, 11) is 1.88. The van der Waals surface area contributed by atoms with E-state index in [-0.39, 0.29) is 0 Å². The van der Waals surface area contributed by atoms with Crippen LogP contribution in [0.2, 0.25) is 0 Å². The van der Waals surface area contributed by atoms with Crippen LogP contribution < -0.4 is 15.4 Å². The Hall–Kier alpha value is -2.49. The van der Waals surface area contributed by atoms with Crippen LogP contribution in [0.1, 0.15) is 19.4 Å². The molecule has 0 saturated heterocycles. The number of ether oxygens (including phenoxy) is 1. The molecule has 0 aliphatic heterocycles. The number of carbonyl (C=O) groups is 1. The van der Waals surface area contributed by atoms with Crippen molar-refractivity contribution in [1.82, 2.24) is 0 Å². The Morgan fingerprint density at radius 3 is 2.36 bits per heavy atom. The van der Waals surface area contributed by atoms with Crippen molar-refractivity contribution in [2.75, 3.05) is 17.7 Å². The monoisotopic (exact) mass is 298 g/mol. The summed E-state index contributed by atoms with van der Waals surface area (Å²) in [6.07, 6.45) is 1.59. The topological polar surface area (TPSA) is 50.4 Å². The maximum absolute atomic E-state index is 10.7. The van der Waals surface area contributed by atoms with Crippen molar-refractivity contribution in [2.24, 2.45) is 5.92 Å². The van der Waals surface area contributed by atoms with Crippen molar-refractivity contribution < 1.29 is 9.53 Å². The summed E-state index contributed by atoms with van der Waals surface area (Å²) in [4.78, 5) is 10.7. The summed E-state index contributed by atoms with van der Waals surface area (Å²) < 4.78 is 5.89. The number of amides is 1. The Balaban J connectivity index is 2.20. The normalized spacial score (nSPS) is 10.4. The molecular formula is C18H22N2O2. The first-order chi connectivity index (χ1) is 10.6. The molecule has 2 aromatic rings. The van der Waals surface area contributed by atoms with Crippen LogP contribution in [0.4, 0.5) is 11.4 Å². The molecule has 2 aromatic carbocycles. The highest BCUT2D eigenvalue weighted by molar-refractivity contribution is 5.74. The molecule has 1 amide bonds. The van der Waals surface area contributed by atoms with Crippen molar-refractivity contribution in [3.05, 3.63) is 48.0 Å². The zero-order chi connectivity index (χ0) is 15.9.